The molecule has 0 unspecified atom stereocenters. The van der Waals surface area contributed by atoms with Crippen molar-refractivity contribution in [3.05, 3.63) is 36.4 Å². The maximum absolute atomic E-state index is 10.6. The van der Waals surface area contributed by atoms with Crippen LogP contribution in [0.5, 0.6) is 5.75 Å². The van der Waals surface area contributed by atoms with E-state index in [1.807, 2.05) is 26.0 Å². The van der Waals surface area contributed by atoms with Gasteiger partial charge in [-0.25, -0.2) is 0 Å². The van der Waals surface area contributed by atoms with Crippen molar-refractivity contribution in [1.82, 2.24) is 0 Å². The van der Waals surface area contributed by atoms with E-state index in [0.29, 0.717) is 5.75 Å². The van der Waals surface area contributed by atoms with Crippen LogP contribution in [-0.2, 0) is 10.1 Å². The normalized spacial score (nSPS) is 10.8. The fourth-order valence-electron chi connectivity index (χ4n) is 0.762. The van der Waals surface area contributed by atoms with E-state index in [4.69, 9.17) is 9.29 Å². The Balaban J connectivity index is 0.000000487. The molecule has 1 rings (SSSR count). The third kappa shape index (κ3) is 5.53. The highest BCUT2D eigenvalue weighted by Gasteiger charge is 2.08. The molecule has 0 radical (unpaired) electrons. The first-order valence-electron chi connectivity index (χ1n) is 4.64. The van der Waals surface area contributed by atoms with E-state index < -0.39 is 10.1 Å². The molecule has 0 bridgehead atoms. The molecule has 0 saturated heterocycles. The molecular formula is C11H16O4S. The largest absolute Gasteiger partial charge is 0.497 e. The second-order valence-electron chi connectivity index (χ2n) is 2.82. The average molecular weight is 244 g/mol. The van der Waals surface area contributed by atoms with Crippen molar-refractivity contribution < 1.29 is 17.7 Å². The molecule has 0 aliphatic heterocycles. The molecule has 1 aromatic carbocycles. The molecule has 0 aliphatic rings. The molecule has 0 amide bonds. The highest BCUT2D eigenvalue weighted by molar-refractivity contribution is 7.85. The van der Waals surface area contributed by atoms with Crippen molar-refractivity contribution in [2.75, 3.05) is 7.11 Å². The van der Waals surface area contributed by atoms with E-state index in [1.54, 1.807) is 6.07 Å². The molecule has 1 N–H and O–H groups in total. The zero-order valence-electron chi connectivity index (χ0n) is 9.54. The Bertz CT molecular complexity index is 431. The summed E-state index contributed by atoms with van der Waals surface area (Å²) in [6, 6.07) is 5.61. The molecule has 4 nitrogen and oxygen atoms in total. The van der Waals surface area contributed by atoms with Crippen molar-refractivity contribution >= 4 is 10.1 Å². The van der Waals surface area contributed by atoms with Crippen LogP contribution in [0.25, 0.3) is 0 Å². The number of hydrogen-bond donors (Lipinski definition) is 1. The Morgan fingerprint density at radius 2 is 1.81 bits per heavy atom. The van der Waals surface area contributed by atoms with Crippen molar-refractivity contribution in [3.8, 4) is 5.75 Å². The first kappa shape index (κ1) is 14.7. The van der Waals surface area contributed by atoms with E-state index >= 15 is 0 Å². The van der Waals surface area contributed by atoms with Crippen LogP contribution in [0.1, 0.15) is 13.8 Å². The molecular weight excluding hydrogens is 228 g/mol. The van der Waals surface area contributed by atoms with E-state index in [9.17, 15) is 8.42 Å². The summed E-state index contributed by atoms with van der Waals surface area (Å²) in [5, 5.41) is 0. The van der Waals surface area contributed by atoms with Gasteiger partial charge in [0.1, 0.15) is 5.75 Å². The summed E-state index contributed by atoms with van der Waals surface area (Å²) in [6.45, 7) is 4.00. The predicted molar refractivity (Wildman–Crippen MR) is 63.3 cm³/mol. The quantitative estimate of drug-likeness (QED) is 0.641. The average Bonchev–Trinajstić information content (AvgIpc) is 2.28. The van der Waals surface area contributed by atoms with Crippen LogP contribution < -0.4 is 4.74 Å². The molecule has 5 heteroatoms. The lowest BCUT2D eigenvalue weighted by atomic mass is 10.3. The Morgan fingerprint density at radius 1 is 1.25 bits per heavy atom. The van der Waals surface area contributed by atoms with Crippen molar-refractivity contribution in [1.29, 1.82) is 0 Å². The topological polar surface area (TPSA) is 63.6 Å². The third-order valence-electron chi connectivity index (χ3n) is 1.67. The summed E-state index contributed by atoms with van der Waals surface area (Å²) >= 11 is 0. The number of allylic oxidation sites excluding steroid dienone is 2. The van der Waals surface area contributed by atoms with Crippen LogP contribution in [0.2, 0.25) is 0 Å². The molecule has 0 spiro atoms. The molecule has 0 aliphatic carbocycles. The second kappa shape index (κ2) is 7.03. The van der Waals surface area contributed by atoms with Gasteiger partial charge in [0.25, 0.3) is 10.1 Å². The minimum absolute atomic E-state index is 0.165. The summed E-state index contributed by atoms with van der Waals surface area (Å²) in [5.74, 6) is 0.394. The van der Waals surface area contributed by atoms with Crippen molar-refractivity contribution in [2.45, 2.75) is 18.7 Å². The molecule has 16 heavy (non-hydrogen) atoms. The maximum Gasteiger partial charge on any atom is 0.294 e. The van der Waals surface area contributed by atoms with E-state index in [-0.39, 0.29) is 4.90 Å². The molecule has 0 aromatic heterocycles. The Kier molecular flexibility index (Phi) is 6.44. The highest BCUT2D eigenvalue weighted by atomic mass is 32.2. The SMILES string of the molecule is CC=CC.COc1cccc(S(=O)(=O)O)c1. The summed E-state index contributed by atoms with van der Waals surface area (Å²) < 4.78 is 34.6. The number of ether oxygens (including phenoxy) is 1. The van der Waals surface area contributed by atoms with Crippen molar-refractivity contribution in [2.24, 2.45) is 0 Å². The van der Waals surface area contributed by atoms with Crippen LogP contribution in [0.3, 0.4) is 0 Å². The first-order valence-corrected chi connectivity index (χ1v) is 6.08. The number of rotatable bonds is 2. The van der Waals surface area contributed by atoms with Gasteiger partial charge in [0, 0.05) is 6.07 Å². The molecule has 0 atom stereocenters. The smallest absolute Gasteiger partial charge is 0.294 e. The molecule has 0 fully saturated rings. The van der Waals surface area contributed by atoms with Gasteiger partial charge in [0.2, 0.25) is 0 Å². The van der Waals surface area contributed by atoms with Crippen LogP contribution >= 0.6 is 0 Å². The van der Waals surface area contributed by atoms with Crippen LogP contribution in [0.4, 0.5) is 0 Å². The van der Waals surface area contributed by atoms with Crippen LogP contribution in [0.15, 0.2) is 41.3 Å². The zero-order valence-corrected chi connectivity index (χ0v) is 10.4. The van der Waals surface area contributed by atoms with Gasteiger partial charge in [0.15, 0.2) is 0 Å². The highest BCUT2D eigenvalue weighted by Crippen LogP contribution is 2.16. The number of hydrogen-bond acceptors (Lipinski definition) is 3. The standard InChI is InChI=1S/C7H8O4S.C4H8/c1-11-6-3-2-4-7(5-6)12(8,9)10;1-3-4-2/h2-5H,1H3,(H,8,9,10);3-4H,1-2H3. The molecule has 0 saturated carbocycles. The van der Waals surface area contributed by atoms with Gasteiger partial charge >= 0.3 is 0 Å². The van der Waals surface area contributed by atoms with Gasteiger partial charge in [-0.2, -0.15) is 8.42 Å². The van der Waals surface area contributed by atoms with Gasteiger partial charge in [-0.1, -0.05) is 18.2 Å². The minimum Gasteiger partial charge on any atom is -0.497 e. The van der Waals surface area contributed by atoms with E-state index in [0.717, 1.165) is 0 Å². The van der Waals surface area contributed by atoms with Gasteiger partial charge < -0.3 is 4.74 Å². The summed E-state index contributed by atoms with van der Waals surface area (Å²) in [4.78, 5) is -0.165. The predicted octanol–water partition coefficient (Wildman–Crippen LogP) is 2.52. The molecule has 90 valence electrons. The summed E-state index contributed by atoms with van der Waals surface area (Å²) in [7, 11) is -2.70. The first-order chi connectivity index (χ1) is 7.45. The molecule has 0 heterocycles. The Labute approximate surface area is 96.3 Å². The fourth-order valence-corrected chi connectivity index (χ4v) is 1.28. The number of methoxy groups -OCH3 is 1. The van der Waals surface area contributed by atoms with Gasteiger partial charge in [-0.15, -0.1) is 0 Å². The molecule has 1 aromatic rings. The van der Waals surface area contributed by atoms with Gasteiger partial charge in [-0.05, 0) is 26.0 Å². The summed E-state index contributed by atoms with van der Waals surface area (Å²) in [6.07, 6.45) is 4.00. The lowest BCUT2D eigenvalue weighted by molar-refractivity contribution is 0.412. The van der Waals surface area contributed by atoms with Gasteiger partial charge in [-0.3, -0.25) is 4.55 Å². The van der Waals surface area contributed by atoms with E-state index in [1.165, 1.54) is 25.3 Å². The lowest BCUT2D eigenvalue weighted by Gasteiger charge is -2.00. The van der Waals surface area contributed by atoms with Gasteiger partial charge in [0.05, 0.1) is 12.0 Å². The van der Waals surface area contributed by atoms with Crippen LogP contribution in [0, 0.1) is 0 Å². The monoisotopic (exact) mass is 244 g/mol. The lowest BCUT2D eigenvalue weighted by Crippen LogP contribution is -1.97. The van der Waals surface area contributed by atoms with E-state index in [2.05, 4.69) is 0 Å². The minimum atomic E-state index is -4.12. The zero-order chi connectivity index (χ0) is 12.6. The fraction of sp³-hybridized carbons (Fsp3) is 0.273. The van der Waals surface area contributed by atoms with Crippen molar-refractivity contribution in [3.63, 3.8) is 0 Å². The maximum atomic E-state index is 10.6. The number of benzene rings is 1. The Hall–Kier alpha value is -1.33. The van der Waals surface area contributed by atoms with Crippen LogP contribution in [-0.4, -0.2) is 20.1 Å². The summed E-state index contributed by atoms with van der Waals surface area (Å²) in [5.41, 5.74) is 0. The Morgan fingerprint density at radius 3 is 2.19 bits per heavy atom. The third-order valence-corrected chi connectivity index (χ3v) is 2.52. The second-order valence-corrected chi connectivity index (χ2v) is 4.24.